The fraction of sp³-hybridized carbons (Fsp3) is 0.400. The molecule has 0 spiro atoms. The van der Waals surface area contributed by atoms with E-state index in [4.69, 9.17) is 23.7 Å². The second kappa shape index (κ2) is 12.7. The first-order valence-electron chi connectivity index (χ1n) is 11.5. The van der Waals surface area contributed by atoms with E-state index in [1.807, 2.05) is 11.9 Å². The Morgan fingerprint density at radius 1 is 0.892 bits per heavy atom. The van der Waals surface area contributed by atoms with Crippen molar-refractivity contribution in [2.45, 2.75) is 0 Å². The van der Waals surface area contributed by atoms with Crippen molar-refractivity contribution < 1.29 is 36.9 Å². The van der Waals surface area contributed by atoms with Crippen LogP contribution in [0.3, 0.4) is 0 Å². The summed E-state index contributed by atoms with van der Waals surface area (Å²) < 4.78 is 54.8. The van der Waals surface area contributed by atoms with Crippen LogP contribution in [0.2, 0.25) is 0 Å². The molecule has 12 heteroatoms. The first-order chi connectivity index (χ1) is 17.7. The SMILES string of the molecule is COc1cc(OC)c(C=CS(=O)(=O)Nc2ccc(OC)c(OC(=O)CN3CCN(C)CC3)c2)c(OC)c1. The Labute approximate surface area is 217 Å². The Morgan fingerprint density at radius 2 is 1.51 bits per heavy atom. The molecule has 1 saturated heterocycles. The topological polar surface area (TPSA) is 116 Å². The van der Waals surface area contributed by atoms with E-state index in [0.717, 1.165) is 31.6 Å². The number of piperazine rings is 1. The van der Waals surface area contributed by atoms with Gasteiger partial charge in [0.25, 0.3) is 10.0 Å². The smallest absolute Gasteiger partial charge is 0.325 e. The van der Waals surface area contributed by atoms with E-state index in [0.29, 0.717) is 28.6 Å². The largest absolute Gasteiger partial charge is 0.496 e. The quantitative estimate of drug-likeness (QED) is 0.339. The van der Waals surface area contributed by atoms with Crippen LogP contribution in [0.4, 0.5) is 5.69 Å². The number of rotatable bonds is 11. The van der Waals surface area contributed by atoms with E-state index >= 15 is 0 Å². The molecule has 0 saturated carbocycles. The predicted octanol–water partition coefficient (Wildman–Crippen LogP) is 2.29. The maximum Gasteiger partial charge on any atom is 0.325 e. The number of nitrogens with zero attached hydrogens (tertiary/aromatic N) is 2. The van der Waals surface area contributed by atoms with Crippen molar-refractivity contribution in [3.63, 3.8) is 0 Å². The maximum atomic E-state index is 12.8. The fourth-order valence-electron chi connectivity index (χ4n) is 3.72. The highest BCUT2D eigenvalue weighted by atomic mass is 32.2. The van der Waals surface area contributed by atoms with Crippen molar-refractivity contribution >= 4 is 27.8 Å². The first-order valence-corrected chi connectivity index (χ1v) is 13.0. The Hall–Kier alpha value is -3.48. The summed E-state index contributed by atoms with van der Waals surface area (Å²) in [5, 5.41) is 0.989. The lowest BCUT2D eigenvalue weighted by Gasteiger charge is -2.31. The average Bonchev–Trinajstić information content (AvgIpc) is 2.88. The number of anilines is 1. The van der Waals surface area contributed by atoms with Crippen LogP contribution >= 0.6 is 0 Å². The van der Waals surface area contributed by atoms with Crippen LogP contribution in [0.25, 0.3) is 6.08 Å². The normalized spacial score (nSPS) is 14.8. The van der Waals surface area contributed by atoms with Gasteiger partial charge in [0, 0.05) is 44.4 Å². The van der Waals surface area contributed by atoms with Gasteiger partial charge in [-0.2, -0.15) is 0 Å². The standard InChI is InChI=1S/C25H33N3O8S/c1-27-9-11-28(12-10-27)17-25(29)36-24-14-18(6-7-21(24)33-3)26-37(30,31)13-8-20-22(34-4)15-19(32-2)16-23(20)35-5/h6-8,13-16,26H,9-12,17H2,1-5H3. The third-order valence-corrected chi connectivity index (χ3v) is 6.78. The number of esters is 1. The fourth-order valence-corrected chi connectivity index (χ4v) is 4.55. The molecule has 0 amide bonds. The number of sulfonamides is 1. The minimum absolute atomic E-state index is 0.115. The molecule has 0 bridgehead atoms. The molecule has 0 aliphatic carbocycles. The van der Waals surface area contributed by atoms with Gasteiger partial charge in [0.05, 0.1) is 51.6 Å². The van der Waals surface area contributed by atoms with E-state index in [9.17, 15) is 13.2 Å². The summed E-state index contributed by atoms with van der Waals surface area (Å²) in [6.45, 7) is 3.39. The minimum atomic E-state index is -3.96. The van der Waals surface area contributed by atoms with Gasteiger partial charge in [-0.15, -0.1) is 0 Å². The van der Waals surface area contributed by atoms with E-state index in [2.05, 4.69) is 9.62 Å². The molecule has 37 heavy (non-hydrogen) atoms. The van der Waals surface area contributed by atoms with E-state index < -0.39 is 16.0 Å². The van der Waals surface area contributed by atoms with Gasteiger partial charge in [-0.1, -0.05) is 0 Å². The molecule has 0 aromatic heterocycles. The van der Waals surface area contributed by atoms with Gasteiger partial charge in [0.15, 0.2) is 11.5 Å². The Bertz CT molecular complexity index is 1200. The maximum absolute atomic E-state index is 12.8. The number of carbonyl (C=O) groups is 1. The zero-order valence-electron chi connectivity index (χ0n) is 21.6. The number of nitrogens with one attached hydrogen (secondary N) is 1. The molecule has 1 aliphatic rings. The summed E-state index contributed by atoms with van der Waals surface area (Å²) >= 11 is 0. The number of hydrogen-bond acceptors (Lipinski definition) is 10. The zero-order valence-corrected chi connectivity index (χ0v) is 22.5. The molecule has 1 N–H and O–H groups in total. The molecule has 11 nitrogen and oxygen atoms in total. The highest BCUT2D eigenvalue weighted by molar-refractivity contribution is 7.95. The number of ether oxygens (including phenoxy) is 5. The molecule has 3 rings (SSSR count). The van der Waals surface area contributed by atoms with Gasteiger partial charge >= 0.3 is 5.97 Å². The Balaban J connectivity index is 1.75. The van der Waals surface area contributed by atoms with E-state index in [1.54, 1.807) is 12.1 Å². The average molecular weight is 536 g/mol. The molecule has 2 aromatic rings. The molecular formula is C25H33N3O8S. The summed E-state index contributed by atoms with van der Waals surface area (Å²) in [6, 6.07) is 7.68. The van der Waals surface area contributed by atoms with Crippen molar-refractivity contribution in [3.8, 4) is 28.7 Å². The Morgan fingerprint density at radius 3 is 2.08 bits per heavy atom. The summed E-state index contributed by atoms with van der Waals surface area (Å²) in [5.74, 6) is 1.21. The molecule has 1 fully saturated rings. The van der Waals surface area contributed by atoms with Gasteiger partial charge in [-0.3, -0.25) is 14.4 Å². The van der Waals surface area contributed by atoms with Gasteiger partial charge in [-0.05, 0) is 25.3 Å². The summed E-state index contributed by atoms with van der Waals surface area (Å²) in [4.78, 5) is 16.7. The second-order valence-electron chi connectivity index (χ2n) is 8.31. The third-order valence-electron chi connectivity index (χ3n) is 5.76. The van der Waals surface area contributed by atoms with Crippen molar-refractivity contribution in [1.82, 2.24) is 9.80 Å². The van der Waals surface area contributed by atoms with Crippen LogP contribution in [-0.4, -0.2) is 92.4 Å². The number of carbonyl (C=O) groups excluding carboxylic acids is 1. The van der Waals surface area contributed by atoms with Crippen molar-refractivity contribution in [1.29, 1.82) is 0 Å². The molecule has 0 unspecified atom stereocenters. The van der Waals surface area contributed by atoms with Gasteiger partial charge in [-0.25, -0.2) is 8.42 Å². The van der Waals surface area contributed by atoms with Crippen LogP contribution in [-0.2, 0) is 14.8 Å². The summed E-state index contributed by atoms with van der Waals surface area (Å²) in [5.41, 5.74) is 0.617. The summed E-state index contributed by atoms with van der Waals surface area (Å²) in [6.07, 6.45) is 1.36. The molecule has 1 heterocycles. The minimum Gasteiger partial charge on any atom is -0.496 e. The van der Waals surface area contributed by atoms with Gasteiger partial charge < -0.3 is 28.6 Å². The lowest BCUT2D eigenvalue weighted by molar-refractivity contribution is -0.136. The molecule has 0 atom stereocenters. The predicted molar refractivity (Wildman–Crippen MR) is 140 cm³/mol. The van der Waals surface area contributed by atoms with E-state index in [-0.39, 0.29) is 18.0 Å². The van der Waals surface area contributed by atoms with Crippen LogP contribution in [0, 0.1) is 0 Å². The van der Waals surface area contributed by atoms with Crippen LogP contribution in [0.15, 0.2) is 35.7 Å². The molecule has 1 aliphatic heterocycles. The highest BCUT2D eigenvalue weighted by Crippen LogP contribution is 2.35. The molecule has 2 aromatic carbocycles. The number of likely N-dealkylation sites (N-methyl/N-ethyl adjacent to an activating group) is 1. The van der Waals surface area contributed by atoms with Crippen LogP contribution < -0.4 is 28.4 Å². The lowest BCUT2D eigenvalue weighted by Crippen LogP contribution is -2.46. The number of hydrogen-bond donors (Lipinski definition) is 1. The van der Waals surface area contributed by atoms with Gasteiger partial charge in [0.2, 0.25) is 0 Å². The summed E-state index contributed by atoms with van der Waals surface area (Å²) in [7, 11) is 3.94. The Kier molecular flexibility index (Phi) is 9.61. The third kappa shape index (κ3) is 7.75. The second-order valence-corrected chi connectivity index (χ2v) is 9.88. The molecule has 202 valence electrons. The molecular weight excluding hydrogens is 502 g/mol. The van der Waals surface area contributed by atoms with Gasteiger partial charge in [0.1, 0.15) is 17.2 Å². The van der Waals surface area contributed by atoms with Crippen LogP contribution in [0.5, 0.6) is 28.7 Å². The number of methoxy groups -OCH3 is 4. The zero-order chi connectivity index (χ0) is 27.0. The van der Waals surface area contributed by atoms with Crippen molar-refractivity contribution in [2.75, 3.05) is 72.9 Å². The monoisotopic (exact) mass is 535 g/mol. The molecule has 0 radical (unpaired) electrons. The van der Waals surface area contributed by atoms with E-state index in [1.165, 1.54) is 52.7 Å². The van der Waals surface area contributed by atoms with Crippen LogP contribution in [0.1, 0.15) is 5.56 Å². The van der Waals surface area contributed by atoms with Crippen molar-refractivity contribution in [2.24, 2.45) is 0 Å². The highest BCUT2D eigenvalue weighted by Gasteiger charge is 2.20. The first kappa shape index (κ1) is 28.1. The lowest BCUT2D eigenvalue weighted by atomic mass is 10.1. The van der Waals surface area contributed by atoms with Crippen molar-refractivity contribution in [3.05, 3.63) is 41.3 Å². The number of benzene rings is 2.